The van der Waals surface area contributed by atoms with Crippen LogP contribution in [-0.2, 0) is 23.7 Å². The summed E-state index contributed by atoms with van der Waals surface area (Å²) in [6, 6.07) is 5.87. The minimum atomic E-state index is -3.77. The summed E-state index contributed by atoms with van der Waals surface area (Å²) in [6.45, 7) is -0.242. The maximum atomic E-state index is 12.2. The van der Waals surface area contributed by atoms with E-state index in [2.05, 4.69) is 4.72 Å². The van der Waals surface area contributed by atoms with Crippen molar-refractivity contribution in [2.45, 2.75) is 11.5 Å². The SMILES string of the molecule is Cn1cc(S(=O)(=O)Nc2ccc(Cl)cc2Cl)cc1CO. The number of aliphatic hydroxyl groups is 1. The minimum absolute atomic E-state index is 0.0510. The Bertz CT molecular complexity index is 741. The highest BCUT2D eigenvalue weighted by atomic mass is 35.5. The third-order valence-corrected chi connectivity index (χ3v) is 4.61. The molecule has 20 heavy (non-hydrogen) atoms. The summed E-state index contributed by atoms with van der Waals surface area (Å²) in [5.74, 6) is 0. The van der Waals surface area contributed by atoms with Crippen LogP contribution in [0.15, 0.2) is 35.4 Å². The number of rotatable bonds is 4. The number of nitrogens with one attached hydrogen (secondary N) is 1. The Balaban J connectivity index is 2.35. The molecule has 0 aliphatic rings. The van der Waals surface area contributed by atoms with E-state index in [9.17, 15) is 8.42 Å². The summed E-state index contributed by atoms with van der Waals surface area (Å²) in [4.78, 5) is 0.0510. The number of aliphatic hydroxyl groups excluding tert-OH is 1. The molecule has 0 radical (unpaired) electrons. The molecule has 0 atom stereocenters. The standard InChI is InChI=1S/C12H12Cl2N2O3S/c1-16-6-10(5-9(16)7-17)20(18,19)15-12-3-2-8(13)4-11(12)14/h2-6,15,17H,7H2,1H3. The second-order valence-corrected chi connectivity index (χ2v) is 6.69. The highest BCUT2D eigenvalue weighted by molar-refractivity contribution is 7.92. The van der Waals surface area contributed by atoms with E-state index in [0.717, 1.165) is 0 Å². The lowest BCUT2D eigenvalue weighted by Gasteiger charge is -2.08. The lowest BCUT2D eigenvalue weighted by atomic mass is 10.3. The Morgan fingerprint density at radius 3 is 2.55 bits per heavy atom. The monoisotopic (exact) mass is 334 g/mol. The second-order valence-electron chi connectivity index (χ2n) is 4.17. The predicted octanol–water partition coefficient (Wildman–Crippen LogP) is 2.63. The van der Waals surface area contributed by atoms with Gasteiger partial charge in [-0.25, -0.2) is 8.42 Å². The van der Waals surface area contributed by atoms with Crippen LogP contribution in [0.3, 0.4) is 0 Å². The van der Waals surface area contributed by atoms with Crippen molar-refractivity contribution >= 4 is 38.9 Å². The van der Waals surface area contributed by atoms with Crippen molar-refractivity contribution in [2.75, 3.05) is 4.72 Å². The molecule has 1 aromatic heterocycles. The minimum Gasteiger partial charge on any atom is -0.390 e. The van der Waals surface area contributed by atoms with E-state index in [-0.39, 0.29) is 22.2 Å². The Labute approximate surface area is 126 Å². The molecule has 0 bridgehead atoms. The lowest BCUT2D eigenvalue weighted by molar-refractivity contribution is 0.272. The van der Waals surface area contributed by atoms with Gasteiger partial charge in [-0.2, -0.15) is 0 Å². The van der Waals surface area contributed by atoms with Crippen LogP contribution in [0.25, 0.3) is 0 Å². The smallest absolute Gasteiger partial charge is 0.263 e. The summed E-state index contributed by atoms with van der Waals surface area (Å²) in [6.07, 6.45) is 1.41. The zero-order valence-corrected chi connectivity index (χ0v) is 12.8. The Morgan fingerprint density at radius 1 is 1.30 bits per heavy atom. The molecule has 0 saturated heterocycles. The first kappa shape index (κ1) is 15.2. The molecule has 8 heteroatoms. The number of aromatic nitrogens is 1. The Kier molecular flexibility index (Phi) is 4.29. The number of hydrogen-bond acceptors (Lipinski definition) is 3. The summed E-state index contributed by atoms with van der Waals surface area (Å²) in [5, 5.41) is 9.71. The molecule has 2 rings (SSSR count). The van der Waals surface area contributed by atoms with Gasteiger partial charge in [0, 0.05) is 24.0 Å². The van der Waals surface area contributed by atoms with Crippen molar-refractivity contribution in [1.82, 2.24) is 4.57 Å². The van der Waals surface area contributed by atoms with Gasteiger partial charge in [0.05, 0.1) is 17.3 Å². The van der Waals surface area contributed by atoms with E-state index in [1.54, 1.807) is 7.05 Å². The largest absolute Gasteiger partial charge is 0.390 e. The average Bonchev–Trinajstić information content (AvgIpc) is 2.75. The summed E-state index contributed by atoms with van der Waals surface area (Å²) in [7, 11) is -2.12. The van der Waals surface area contributed by atoms with Gasteiger partial charge in [0.15, 0.2) is 0 Å². The first-order valence-electron chi connectivity index (χ1n) is 5.57. The van der Waals surface area contributed by atoms with Gasteiger partial charge in [-0.1, -0.05) is 23.2 Å². The third kappa shape index (κ3) is 3.09. The van der Waals surface area contributed by atoms with Crippen LogP contribution in [0.2, 0.25) is 10.0 Å². The number of nitrogens with zero attached hydrogens (tertiary/aromatic N) is 1. The molecule has 0 unspecified atom stereocenters. The van der Waals surface area contributed by atoms with Crippen LogP contribution in [0.4, 0.5) is 5.69 Å². The number of sulfonamides is 1. The van der Waals surface area contributed by atoms with Gasteiger partial charge in [0.25, 0.3) is 10.0 Å². The normalized spacial score (nSPS) is 11.6. The zero-order chi connectivity index (χ0) is 14.9. The number of anilines is 1. The van der Waals surface area contributed by atoms with Crippen molar-refractivity contribution in [3.63, 3.8) is 0 Å². The molecule has 0 amide bonds. The van der Waals surface area contributed by atoms with Gasteiger partial charge in [-0.05, 0) is 24.3 Å². The van der Waals surface area contributed by atoms with E-state index < -0.39 is 10.0 Å². The van der Waals surface area contributed by atoms with Gasteiger partial charge >= 0.3 is 0 Å². The van der Waals surface area contributed by atoms with E-state index in [0.29, 0.717) is 10.7 Å². The first-order valence-corrected chi connectivity index (χ1v) is 7.81. The molecule has 2 aromatic rings. The number of hydrogen-bond donors (Lipinski definition) is 2. The molecule has 0 aliphatic heterocycles. The van der Waals surface area contributed by atoms with Crippen molar-refractivity contribution < 1.29 is 13.5 Å². The number of aryl methyl sites for hydroxylation is 1. The molecular weight excluding hydrogens is 323 g/mol. The van der Waals surface area contributed by atoms with Gasteiger partial charge in [0.1, 0.15) is 4.90 Å². The molecular formula is C12H12Cl2N2O3S. The average molecular weight is 335 g/mol. The van der Waals surface area contributed by atoms with Gasteiger partial charge < -0.3 is 9.67 Å². The van der Waals surface area contributed by atoms with Crippen molar-refractivity contribution in [3.8, 4) is 0 Å². The summed E-state index contributed by atoms with van der Waals surface area (Å²) in [5.41, 5.74) is 0.734. The van der Waals surface area contributed by atoms with E-state index in [1.807, 2.05) is 0 Å². The van der Waals surface area contributed by atoms with Crippen LogP contribution >= 0.6 is 23.2 Å². The highest BCUT2D eigenvalue weighted by Gasteiger charge is 2.18. The summed E-state index contributed by atoms with van der Waals surface area (Å²) >= 11 is 11.7. The van der Waals surface area contributed by atoms with Crippen LogP contribution in [-0.4, -0.2) is 18.1 Å². The van der Waals surface area contributed by atoms with Crippen LogP contribution in [0, 0.1) is 0 Å². The Morgan fingerprint density at radius 2 is 2.00 bits per heavy atom. The molecule has 2 N–H and O–H groups in total. The van der Waals surface area contributed by atoms with E-state index >= 15 is 0 Å². The fraction of sp³-hybridized carbons (Fsp3) is 0.167. The number of benzene rings is 1. The van der Waals surface area contributed by atoms with Crippen molar-refractivity contribution in [1.29, 1.82) is 0 Å². The van der Waals surface area contributed by atoms with Crippen LogP contribution in [0.1, 0.15) is 5.69 Å². The molecule has 0 fully saturated rings. The van der Waals surface area contributed by atoms with Gasteiger partial charge in [-0.3, -0.25) is 4.72 Å². The summed E-state index contributed by atoms with van der Waals surface area (Å²) < 4.78 is 28.4. The van der Waals surface area contributed by atoms with E-state index in [4.69, 9.17) is 28.3 Å². The molecule has 5 nitrogen and oxygen atoms in total. The fourth-order valence-corrected chi connectivity index (χ4v) is 3.34. The van der Waals surface area contributed by atoms with Crippen LogP contribution in [0.5, 0.6) is 0 Å². The Hall–Kier alpha value is -1.21. The molecule has 1 heterocycles. The first-order chi connectivity index (χ1) is 9.33. The maximum Gasteiger partial charge on any atom is 0.263 e. The van der Waals surface area contributed by atoms with Gasteiger partial charge in [-0.15, -0.1) is 0 Å². The van der Waals surface area contributed by atoms with E-state index in [1.165, 1.54) is 35.0 Å². The van der Waals surface area contributed by atoms with Gasteiger partial charge in [0.2, 0.25) is 0 Å². The second kappa shape index (κ2) is 5.65. The van der Waals surface area contributed by atoms with Crippen molar-refractivity contribution in [2.24, 2.45) is 7.05 Å². The molecule has 108 valence electrons. The number of halogens is 2. The van der Waals surface area contributed by atoms with Crippen LogP contribution < -0.4 is 4.72 Å². The topological polar surface area (TPSA) is 71.3 Å². The molecule has 0 aliphatic carbocycles. The predicted molar refractivity (Wildman–Crippen MR) is 78.6 cm³/mol. The molecule has 0 spiro atoms. The highest BCUT2D eigenvalue weighted by Crippen LogP contribution is 2.27. The fourth-order valence-electron chi connectivity index (χ4n) is 1.66. The third-order valence-electron chi connectivity index (χ3n) is 2.73. The zero-order valence-electron chi connectivity index (χ0n) is 10.5. The van der Waals surface area contributed by atoms with Crippen molar-refractivity contribution in [3.05, 3.63) is 46.2 Å². The molecule has 0 saturated carbocycles. The molecule has 1 aromatic carbocycles. The lowest BCUT2D eigenvalue weighted by Crippen LogP contribution is -2.12. The quantitative estimate of drug-likeness (QED) is 0.902. The maximum absolute atomic E-state index is 12.2.